The zero-order valence-electron chi connectivity index (χ0n) is 16.4. The van der Waals surface area contributed by atoms with Gasteiger partial charge in [-0.25, -0.2) is 17.5 Å². The second-order valence-electron chi connectivity index (χ2n) is 7.48. The van der Waals surface area contributed by atoms with Gasteiger partial charge in [-0.3, -0.25) is 9.59 Å². The van der Waals surface area contributed by atoms with Crippen LogP contribution in [0, 0.1) is 11.2 Å². The Morgan fingerprint density at radius 1 is 1.13 bits per heavy atom. The topological polar surface area (TPSA) is 83.6 Å². The van der Waals surface area contributed by atoms with Gasteiger partial charge in [0.1, 0.15) is 5.82 Å². The molecule has 1 heterocycles. The fourth-order valence-electron chi connectivity index (χ4n) is 3.65. The van der Waals surface area contributed by atoms with Gasteiger partial charge >= 0.3 is 0 Å². The van der Waals surface area contributed by atoms with Crippen LogP contribution >= 0.6 is 15.9 Å². The van der Waals surface area contributed by atoms with Crippen molar-refractivity contribution in [2.45, 2.75) is 31.1 Å². The average molecular weight is 497 g/mol. The van der Waals surface area contributed by atoms with Crippen LogP contribution in [0.1, 0.15) is 25.3 Å². The van der Waals surface area contributed by atoms with E-state index in [1.807, 2.05) is 0 Å². The molecule has 2 aromatic rings. The van der Waals surface area contributed by atoms with Crippen molar-refractivity contribution in [2.75, 3.05) is 13.1 Å². The molecule has 0 unspecified atom stereocenters. The predicted octanol–water partition coefficient (Wildman–Crippen LogP) is 3.26. The molecule has 3 rings (SSSR count). The molecular weight excluding hydrogens is 475 g/mol. The fourth-order valence-corrected chi connectivity index (χ4v) is 5.32. The number of amides is 2. The molecule has 160 valence electrons. The van der Waals surface area contributed by atoms with Crippen LogP contribution < -0.4 is 4.72 Å². The van der Waals surface area contributed by atoms with E-state index in [1.54, 1.807) is 29.2 Å². The lowest BCUT2D eigenvalue weighted by Crippen LogP contribution is -2.52. The standard InChI is InChI=1S/C21H22BrFN2O4S/c1-15(26)25-11-9-21(10-12-25,14-16-5-7-18(23)8-6-16)20(27)24-30(28,29)19-4-2-3-17(22)13-19/h2-8,13H,9-12,14H2,1H3,(H,24,27). The van der Waals surface area contributed by atoms with E-state index in [1.165, 1.54) is 31.2 Å². The van der Waals surface area contributed by atoms with E-state index in [2.05, 4.69) is 20.7 Å². The molecule has 6 nitrogen and oxygen atoms in total. The summed E-state index contributed by atoms with van der Waals surface area (Å²) in [4.78, 5) is 26.6. The Kier molecular flexibility index (Phi) is 6.62. The van der Waals surface area contributed by atoms with E-state index in [0.717, 1.165) is 5.56 Å². The lowest BCUT2D eigenvalue weighted by molar-refractivity contribution is -0.138. The second kappa shape index (κ2) is 8.85. The molecule has 0 saturated carbocycles. The molecule has 0 atom stereocenters. The zero-order valence-corrected chi connectivity index (χ0v) is 18.8. The first-order valence-corrected chi connectivity index (χ1v) is 11.7. The number of sulfonamides is 1. The molecule has 2 amide bonds. The monoisotopic (exact) mass is 496 g/mol. The average Bonchev–Trinajstić information content (AvgIpc) is 2.70. The number of halogens is 2. The van der Waals surface area contributed by atoms with Gasteiger partial charge in [-0.2, -0.15) is 0 Å². The zero-order chi connectivity index (χ0) is 21.9. The Hall–Kier alpha value is -2.26. The fraction of sp³-hybridized carbons (Fsp3) is 0.333. The maximum Gasteiger partial charge on any atom is 0.264 e. The van der Waals surface area contributed by atoms with Crippen LogP contribution in [0.2, 0.25) is 0 Å². The SMILES string of the molecule is CC(=O)N1CCC(Cc2ccc(F)cc2)(C(=O)NS(=O)(=O)c2cccc(Br)c2)CC1. The van der Waals surface area contributed by atoms with Crippen molar-refractivity contribution in [2.24, 2.45) is 5.41 Å². The predicted molar refractivity (Wildman–Crippen MR) is 113 cm³/mol. The summed E-state index contributed by atoms with van der Waals surface area (Å²) in [5, 5.41) is 0. The molecule has 1 aliphatic heterocycles. The van der Waals surface area contributed by atoms with Crippen LogP contribution in [0.3, 0.4) is 0 Å². The molecule has 2 aromatic carbocycles. The Bertz CT molecular complexity index is 1050. The minimum atomic E-state index is -4.07. The molecule has 0 bridgehead atoms. The molecule has 0 spiro atoms. The van der Waals surface area contributed by atoms with Crippen molar-refractivity contribution < 1.29 is 22.4 Å². The van der Waals surface area contributed by atoms with Crippen LogP contribution in [0.25, 0.3) is 0 Å². The van der Waals surface area contributed by atoms with Gasteiger partial charge in [-0.15, -0.1) is 0 Å². The van der Waals surface area contributed by atoms with Gasteiger partial charge in [0.25, 0.3) is 10.0 Å². The summed E-state index contributed by atoms with van der Waals surface area (Å²) in [7, 11) is -4.07. The lowest BCUT2D eigenvalue weighted by atomic mass is 9.73. The Labute approximate surface area is 183 Å². The van der Waals surface area contributed by atoms with Crippen molar-refractivity contribution >= 4 is 37.8 Å². The first-order valence-electron chi connectivity index (χ1n) is 9.44. The quantitative estimate of drug-likeness (QED) is 0.688. The van der Waals surface area contributed by atoms with E-state index >= 15 is 0 Å². The number of hydrogen-bond donors (Lipinski definition) is 1. The number of nitrogens with zero attached hydrogens (tertiary/aromatic N) is 1. The van der Waals surface area contributed by atoms with Crippen molar-refractivity contribution in [3.63, 3.8) is 0 Å². The van der Waals surface area contributed by atoms with Crippen LogP contribution in [-0.4, -0.2) is 38.2 Å². The maximum absolute atomic E-state index is 13.3. The third kappa shape index (κ3) is 5.07. The van der Waals surface area contributed by atoms with Gasteiger partial charge in [-0.05, 0) is 55.2 Å². The van der Waals surface area contributed by atoms with E-state index in [-0.39, 0.29) is 23.0 Å². The molecule has 9 heteroatoms. The van der Waals surface area contributed by atoms with Crippen molar-refractivity contribution in [1.82, 2.24) is 9.62 Å². The van der Waals surface area contributed by atoms with Crippen LogP contribution in [-0.2, 0) is 26.0 Å². The van der Waals surface area contributed by atoms with Gasteiger partial charge in [0, 0.05) is 24.5 Å². The molecular formula is C21H22BrFN2O4S. The van der Waals surface area contributed by atoms with Crippen molar-refractivity contribution in [3.8, 4) is 0 Å². The highest BCUT2D eigenvalue weighted by Crippen LogP contribution is 2.36. The molecule has 30 heavy (non-hydrogen) atoms. The Balaban J connectivity index is 1.88. The number of hydrogen-bond acceptors (Lipinski definition) is 4. The normalized spacial score (nSPS) is 16.2. The summed E-state index contributed by atoms with van der Waals surface area (Å²) >= 11 is 3.23. The van der Waals surface area contributed by atoms with E-state index in [0.29, 0.717) is 30.4 Å². The minimum Gasteiger partial charge on any atom is -0.343 e. The maximum atomic E-state index is 13.3. The number of nitrogens with one attached hydrogen (secondary N) is 1. The van der Waals surface area contributed by atoms with Crippen molar-refractivity contribution in [3.05, 3.63) is 64.4 Å². The number of carbonyl (C=O) groups is 2. The van der Waals surface area contributed by atoms with Crippen LogP contribution in [0.5, 0.6) is 0 Å². The first kappa shape index (κ1) is 22.4. The number of benzene rings is 2. The van der Waals surface area contributed by atoms with E-state index in [9.17, 15) is 22.4 Å². The van der Waals surface area contributed by atoms with Gasteiger partial charge in [0.2, 0.25) is 11.8 Å². The summed E-state index contributed by atoms with van der Waals surface area (Å²) in [5.41, 5.74) is -0.300. The van der Waals surface area contributed by atoms with Crippen LogP contribution in [0.4, 0.5) is 4.39 Å². The van der Waals surface area contributed by atoms with Gasteiger partial charge in [-0.1, -0.05) is 34.1 Å². The number of likely N-dealkylation sites (tertiary alicyclic amines) is 1. The molecule has 0 aromatic heterocycles. The number of rotatable bonds is 5. The van der Waals surface area contributed by atoms with Crippen LogP contribution in [0.15, 0.2) is 57.9 Å². The smallest absolute Gasteiger partial charge is 0.264 e. The van der Waals surface area contributed by atoms with Gasteiger partial charge in [0.15, 0.2) is 0 Å². The Morgan fingerprint density at radius 2 is 1.77 bits per heavy atom. The second-order valence-corrected chi connectivity index (χ2v) is 10.1. The summed E-state index contributed by atoms with van der Waals surface area (Å²) in [5.74, 6) is -1.09. The van der Waals surface area contributed by atoms with E-state index < -0.39 is 21.3 Å². The molecule has 1 fully saturated rings. The summed E-state index contributed by atoms with van der Waals surface area (Å²) in [6.07, 6.45) is 0.868. The summed E-state index contributed by atoms with van der Waals surface area (Å²) in [6.45, 7) is 2.16. The van der Waals surface area contributed by atoms with Gasteiger partial charge < -0.3 is 4.90 Å². The molecule has 1 saturated heterocycles. The molecule has 0 radical (unpaired) electrons. The highest BCUT2D eigenvalue weighted by atomic mass is 79.9. The number of carbonyl (C=O) groups excluding carboxylic acids is 2. The summed E-state index contributed by atoms with van der Waals surface area (Å²) in [6, 6.07) is 11.9. The first-order chi connectivity index (χ1) is 14.1. The summed E-state index contributed by atoms with van der Waals surface area (Å²) < 4.78 is 41.7. The highest BCUT2D eigenvalue weighted by Gasteiger charge is 2.43. The largest absolute Gasteiger partial charge is 0.343 e. The minimum absolute atomic E-state index is 0.0247. The number of piperidine rings is 1. The highest BCUT2D eigenvalue weighted by molar-refractivity contribution is 9.10. The third-order valence-corrected chi connectivity index (χ3v) is 7.26. The Morgan fingerprint density at radius 3 is 2.33 bits per heavy atom. The molecule has 1 N–H and O–H groups in total. The van der Waals surface area contributed by atoms with Crippen molar-refractivity contribution in [1.29, 1.82) is 0 Å². The molecule has 1 aliphatic rings. The van der Waals surface area contributed by atoms with Gasteiger partial charge in [0.05, 0.1) is 10.3 Å². The van der Waals surface area contributed by atoms with E-state index in [4.69, 9.17) is 0 Å². The lowest BCUT2D eigenvalue weighted by Gasteiger charge is -2.40. The third-order valence-electron chi connectivity index (χ3n) is 5.44. The molecule has 0 aliphatic carbocycles.